The quantitative estimate of drug-likeness (QED) is 0.645. The van der Waals surface area contributed by atoms with Gasteiger partial charge in [0.25, 0.3) is 5.91 Å². The Morgan fingerprint density at radius 1 is 1.22 bits per heavy atom. The minimum atomic E-state index is -0.450. The van der Waals surface area contributed by atoms with Gasteiger partial charge in [0.05, 0.1) is 6.07 Å². The summed E-state index contributed by atoms with van der Waals surface area (Å²) in [5, 5.41) is 15.3. The summed E-state index contributed by atoms with van der Waals surface area (Å²) in [7, 11) is 0. The highest BCUT2D eigenvalue weighted by molar-refractivity contribution is 6.01. The smallest absolute Gasteiger partial charge is 0.292 e. The van der Waals surface area contributed by atoms with E-state index in [0.29, 0.717) is 22.9 Å². The van der Waals surface area contributed by atoms with Crippen molar-refractivity contribution in [1.29, 1.82) is 5.26 Å². The van der Waals surface area contributed by atoms with E-state index >= 15 is 0 Å². The molecule has 136 valence electrons. The van der Waals surface area contributed by atoms with Crippen LogP contribution in [0.15, 0.2) is 53.1 Å². The number of ether oxygens (including phenoxy) is 1. The number of nitriles is 1. The Morgan fingerprint density at radius 2 is 2.00 bits per heavy atom. The number of Topliss-reactive ketones (excluding diaryl/α,β-unsaturated/α-hetero) is 1. The Morgan fingerprint density at radius 3 is 2.70 bits per heavy atom. The zero-order valence-electron chi connectivity index (χ0n) is 14.5. The van der Waals surface area contributed by atoms with Crippen molar-refractivity contribution in [3.63, 3.8) is 0 Å². The summed E-state index contributed by atoms with van der Waals surface area (Å²) < 4.78 is 12.5. The Kier molecular flexibility index (Phi) is 5.33. The molecule has 3 rings (SSSR count). The third kappa shape index (κ3) is 4.61. The molecule has 1 aromatic carbocycles. The molecule has 1 N–H and O–H groups in total. The van der Waals surface area contributed by atoms with Crippen LogP contribution in [-0.2, 0) is 13.2 Å². The average molecular weight is 364 g/mol. The van der Waals surface area contributed by atoms with Crippen molar-refractivity contribution in [2.24, 2.45) is 0 Å². The summed E-state index contributed by atoms with van der Waals surface area (Å²) >= 11 is 0. The third-order valence-electron chi connectivity index (χ3n) is 3.64. The molecule has 0 unspecified atom stereocenters. The maximum absolute atomic E-state index is 12.2. The van der Waals surface area contributed by atoms with E-state index in [0.717, 1.165) is 0 Å². The summed E-state index contributed by atoms with van der Waals surface area (Å²) in [4.78, 5) is 23.4. The van der Waals surface area contributed by atoms with Crippen LogP contribution in [0.1, 0.15) is 33.6 Å². The average Bonchev–Trinajstić information content (AvgIpc) is 3.30. The highest BCUT2D eigenvalue weighted by Crippen LogP contribution is 2.16. The van der Waals surface area contributed by atoms with E-state index < -0.39 is 5.91 Å². The summed E-state index contributed by atoms with van der Waals surface area (Å²) in [6, 6.07) is 13.5. The summed E-state index contributed by atoms with van der Waals surface area (Å²) in [5.74, 6) is 1.05. The summed E-state index contributed by atoms with van der Waals surface area (Å²) in [6.45, 7) is 1.74. The second-order valence-electron chi connectivity index (χ2n) is 5.65. The number of rotatable bonds is 7. The third-order valence-corrected chi connectivity index (χ3v) is 3.64. The van der Waals surface area contributed by atoms with Crippen molar-refractivity contribution >= 4 is 17.5 Å². The molecule has 0 radical (unpaired) electrons. The van der Waals surface area contributed by atoms with E-state index in [2.05, 4.69) is 10.4 Å². The Labute approximate surface area is 155 Å². The number of aromatic nitrogens is 2. The first-order chi connectivity index (χ1) is 13.0. The van der Waals surface area contributed by atoms with Crippen molar-refractivity contribution in [2.45, 2.75) is 20.1 Å². The minimum absolute atomic E-state index is 0.0132. The predicted octanol–water partition coefficient (Wildman–Crippen LogP) is 3.03. The number of ketones is 1. The number of benzene rings is 1. The van der Waals surface area contributed by atoms with E-state index in [4.69, 9.17) is 14.4 Å². The van der Waals surface area contributed by atoms with Crippen LogP contribution in [0.5, 0.6) is 5.75 Å². The Balaban J connectivity index is 1.56. The number of anilines is 1. The number of hydrogen-bond acceptors (Lipinski definition) is 6. The van der Waals surface area contributed by atoms with Crippen LogP contribution < -0.4 is 10.1 Å². The lowest BCUT2D eigenvalue weighted by molar-refractivity contribution is 0.0990. The van der Waals surface area contributed by atoms with Crippen molar-refractivity contribution in [3.05, 3.63) is 65.7 Å². The first kappa shape index (κ1) is 17.9. The maximum Gasteiger partial charge on any atom is 0.292 e. The van der Waals surface area contributed by atoms with Crippen LogP contribution in [0.3, 0.4) is 0 Å². The number of nitrogens with zero attached hydrogens (tertiary/aromatic N) is 3. The number of amides is 1. The molecule has 0 saturated heterocycles. The van der Waals surface area contributed by atoms with Gasteiger partial charge in [-0.3, -0.25) is 14.3 Å². The summed E-state index contributed by atoms with van der Waals surface area (Å²) in [6.07, 6.45) is 1.59. The van der Waals surface area contributed by atoms with Gasteiger partial charge in [0.1, 0.15) is 24.7 Å². The molecule has 0 bridgehead atoms. The molecule has 8 heteroatoms. The van der Waals surface area contributed by atoms with Gasteiger partial charge in [0.2, 0.25) is 0 Å². The molecule has 0 aliphatic heterocycles. The minimum Gasteiger partial charge on any atom is -0.486 e. The Bertz CT molecular complexity index is 995. The molecule has 8 nitrogen and oxygen atoms in total. The molecule has 2 aromatic heterocycles. The molecular formula is C19H16N4O4. The van der Waals surface area contributed by atoms with E-state index in [1.54, 1.807) is 48.7 Å². The number of hydrogen-bond donors (Lipinski definition) is 1. The van der Waals surface area contributed by atoms with Gasteiger partial charge in [0, 0.05) is 17.8 Å². The summed E-state index contributed by atoms with van der Waals surface area (Å²) in [5.41, 5.74) is 0.608. The lowest BCUT2D eigenvalue weighted by atomic mass is 10.1. The Hall–Kier alpha value is -3.86. The molecular weight excluding hydrogens is 348 g/mol. The van der Waals surface area contributed by atoms with Crippen LogP contribution in [-0.4, -0.2) is 21.5 Å². The van der Waals surface area contributed by atoms with Crippen LogP contribution in [0.25, 0.3) is 0 Å². The van der Waals surface area contributed by atoms with Gasteiger partial charge in [-0.2, -0.15) is 10.4 Å². The standard InChI is InChI=1S/C19H16N4O4/c1-13(24)14-2-4-15(5-3-14)26-12-16-6-7-17(27-16)19(25)21-18-8-10-23(22-18)11-9-20/h2-8,10H,11-12H2,1H3,(H,21,22,25). The lowest BCUT2D eigenvalue weighted by Gasteiger charge is -2.04. The van der Waals surface area contributed by atoms with Gasteiger partial charge in [-0.15, -0.1) is 0 Å². The van der Waals surface area contributed by atoms with Crippen molar-refractivity contribution in [1.82, 2.24) is 9.78 Å². The van der Waals surface area contributed by atoms with Gasteiger partial charge in [-0.1, -0.05) is 0 Å². The number of nitrogens with one attached hydrogen (secondary N) is 1. The van der Waals surface area contributed by atoms with E-state index in [1.165, 1.54) is 11.6 Å². The molecule has 0 atom stereocenters. The fraction of sp³-hybridized carbons (Fsp3) is 0.158. The highest BCUT2D eigenvalue weighted by Gasteiger charge is 2.13. The molecule has 0 aliphatic carbocycles. The normalized spacial score (nSPS) is 10.2. The SMILES string of the molecule is CC(=O)c1ccc(OCc2ccc(C(=O)Nc3ccn(CC#N)n3)o2)cc1. The van der Waals surface area contributed by atoms with Crippen LogP contribution >= 0.6 is 0 Å². The molecule has 0 spiro atoms. The largest absolute Gasteiger partial charge is 0.486 e. The fourth-order valence-corrected chi connectivity index (χ4v) is 2.28. The number of carbonyl (C=O) groups excluding carboxylic acids is 2. The van der Waals surface area contributed by atoms with Gasteiger partial charge in [0.15, 0.2) is 17.4 Å². The zero-order chi connectivity index (χ0) is 19.2. The first-order valence-electron chi connectivity index (χ1n) is 8.09. The topological polar surface area (TPSA) is 110 Å². The zero-order valence-corrected chi connectivity index (χ0v) is 14.5. The second-order valence-corrected chi connectivity index (χ2v) is 5.65. The van der Waals surface area contributed by atoms with Crippen LogP contribution in [0, 0.1) is 11.3 Å². The predicted molar refractivity (Wildman–Crippen MR) is 95.3 cm³/mol. The monoisotopic (exact) mass is 364 g/mol. The molecule has 0 fully saturated rings. The fourth-order valence-electron chi connectivity index (χ4n) is 2.28. The first-order valence-corrected chi connectivity index (χ1v) is 8.09. The van der Waals surface area contributed by atoms with Gasteiger partial charge >= 0.3 is 0 Å². The van der Waals surface area contributed by atoms with Crippen molar-refractivity contribution < 1.29 is 18.7 Å². The molecule has 0 saturated carbocycles. The van der Waals surface area contributed by atoms with Gasteiger partial charge in [-0.05, 0) is 43.3 Å². The highest BCUT2D eigenvalue weighted by atomic mass is 16.5. The molecule has 27 heavy (non-hydrogen) atoms. The van der Waals surface area contributed by atoms with Gasteiger partial charge < -0.3 is 14.5 Å². The van der Waals surface area contributed by atoms with E-state index in [1.807, 2.05) is 6.07 Å². The molecule has 0 aliphatic rings. The van der Waals surface area contributed by atoms with Crippen molar-refractivity contribution in [3.8, 4) is 11.8 Å². The van der Waals surface area contributed by atoms with E-state index in [9.17, 15) is 9.59 Å². The number of carbonyl (C=O) groups is 2. The van der Waals surface area contributed by atoms with Crippen LogP contribution in [0.2, 0.25) is 0 Å². The van der Waals surface area contributed by atoms with Crippen LogP contribution in [0.4, 0.5) is 5.82 Å². The molecule has 2 heterocycles. The van der Waals surface area contributed by atoms with E-state index in [-0.39, 0.29) is 24.7 Å². The number of furan rings is 1. The molecule has 1 amide bonds. The van der Waals surface area contributed by atoms with Crippen molar-refractivity contribution in [2.75, 3.05) is 5.32 Å². The lowest BCUT2D eigenvalue weighted by Crippen LogP contribution is -2.11. The van der Waals surface area contributed by atoms with Gasteiger partial charge in [-0.25, -0.2) is 0 Å². The maximum atomic E-state index is 12.2. The molecule has 3 aromatic rings. The second kappa shape index (κ2) is 8.01.